The molecule has 0 fully saturated rings. The maximum Gasteiger partial charge on any atom is 0.131 e. The zero-order valence-electron chi connectivity index (χ0n) is 31.2. The predicted octanol–water partition coefficient (Wildman–Crippen LogP) is 12.6. The number of phenolic OH excluding ortho intramolecular Hbond substituents is 2. The van der Waals surface area contributed by atoms with Crippen LogP contribution in [0.5, 0.6) is 23.0 Å². The third-order valence-electron chi connectivity index (χ3n) is 9.53. The van der Waals surface area contributed by atoms with Crippen molar-refractivity contribution in [2.45, 2.75) is 65.2 Å². The van der Waals surface area contributed by atoms with Gasteiger partial charge in [-0.05, 0) is 82.3 Å². The van der Waals surface area contributed by atoms with Gasteiger partial charge in [-0.3, -0.25) is 0 Å². The van der Waals surface area contributed by atoms with Crippen LogP contribution in [-0.4, -0.2) is 23.4 Å². The molecule has 4 heteroatoms. The highest BCUT2D eigenvalue weighted by Crippen LogP contribution is 2.46. The Morgan fingerprint density at radius 3 is 1.10 bits per heavy atom. The molecule has 0 bridgehead atoms. The normalized spacial score (nSPS) is 11.7. The van der Waals surface area contributed by atoms with Gasteiger partial charge in [0.2, 0.25) is 0 Å². The lowest BCUT2D eigenvalue weighted by molar-refractivity contribution is 0.267. The van der Waals surface area contributed by atoms with Crippen LogP contribution in [-0.2, 0) is 10.8 Å². The van der Waals surface area contributed by atoms with E-state index >= 15 is 0 Å². The van der Waals surface area contributed by atoms with E-state index in [1.165, 1.54) is 0 Å². The van der Waals surface area contributed by atoms with Crippen LogP contribution < -0.4 is 9.47 Å². The van der Waals surface area contributed by atoms with Crippen LogP contribution in [0.1, 0.15) is 65.5 Å². The number of aromatic hydroxyl groups is 2. The van der Waals surface area contributed by atoms with E-state index in [2.05, 4.69) is 65.8 Å². The van der Waals surface area contributed by atoms with Gasteiger partial charge in [0.15, 0.2) is 0 Å². The van der Waals surface area contributed by atoms with Crippen molar-refractivity contribution in [1.82, 2.24) is 0 Å². The molecule has 0 heterocycles. The number of hydrogen-bond acceptors (Lipinski definition) is 4. The van der Waals surface area contributed by atoms with Crippen molar-refractivity contribution >= 4 is 0 Å². The molecule has 6 aromatic rings. The van der Waals surface area contributed by atoms with Crippen LogP contribution in [0.25, 0.3) is 44.5 Å². The lowest BCUT2D eigenvalue weighted by atomic mass is 9.82. The van der Waals surface area contributed by atoms with E-state index in [4.69, 9.17) is 9.47 Å². The van der Waals surface area contributed by atoms with Crippen LogP contribution in [0.15, 0.2) is 133 Å². The number of ether oxygens (including phenoxy) is 2. The maximum atomic E-state index is 11.6. The van der Waals surface area contributed by atoms with Crippen molar-refractivity contribution in [3.05, 3.63) is 145 Å². The van der Waals surface area contributed by atoms with Gasteiger partial charge in [0, 0.05) is 33.4 Å². The summed E-state index contributed by atoms with van der Waals surface area (Å²) < 4.78 is 12.8. The minimum atomic E-state index is -0.112. The summed E-state index contributed by atoms with van der Waals surface area (Å²) in [6.45, 7) is 14.1. The topological polar surface area (TPSA) is 58.9 Å². The first kappa shape index (κ1) is 36.3. The first-order valence-corrected chi connectivity index (χ1v) is 18.2. The van der Waals surface area contributed by atoms with Crippen molar-refractivity contribution in [3.63, 3.8) is 0 Å². The molecule has 0 aliphatic rings. The minimum Gasteiger partial charge on any atom is -0.507 e. The van der Waals surface area contributed by atoms with Crippen LogP contribution in [0.3, 0.4) is 0 Å². The molecule has 2 N–H and O–H groups in total. The van der Waals surface area contributed by atoms with Crippen molar-refractivity contribution in [2.75, 3.05) is 13.2 Å². The second-order valence-electron chi connectivity index (χ2n) is 15.5. The zero-order chi connectivity index (χ0) is 36.9. The van der Waals surface area contributed by atoms with E-state index in [0.29, 0.717) is 13.2 Å². The van der Waals surface area contributed by atoms with Gasteiger partial charge in [-0.25, -0.2) is 0 Å². The lowest BCUT2D eigenvalue weighted by Crippen LogP contribution is -2.11. The van der Waals surface area contributed by atoms with Gasteiger partial charge in [-0.1, -0.05) is 139 Å². The fraction of sp³-hybridized carbons (Fsp3) is 0.250. The fourth-order valence-electron chi connectivity index (χ4n) is 6.42. The van der Waals surface area contributed by atoms with E-state index in [1.54, 1.807) is 0 Å². The number of rotatable bonds is 11. The molecule has 0 amide bonds. The Hall–Kier alpha value is -5.48. The summed E-state index contributed by atoms with van der Waals surface area (Å²) in [7, 11) is 0. The van der Waals surface area contributed by atoms with E-state index in [-0.39, 0.29) is 22.3 Å². The van der Waals surface area contributed by atoms with Crippen molar-refractivity contribution in [3.8, 4) is 67.5 Å². The molecule has 0 aliphatic heterocycles. The van der Waals surface area contributed by atoms with Gasteiger partial charge in [-0.15, -0.1) is 0 Å². The van der Waals surface area contributed by atoms with E-state index in [0.717, 1.165) is 80.0 Å². The molecule has 0 spiro atoms. The summed E-state index contributed by atoms with van der Waals surface area (Å²) in [5, 5.41) is 23.2. The second kappa shape index (κ2) is 15.4. The lowest BCUT2D eigenvalue weighted by Gasteiger charge is -2.23. The summed E-state index contributed by atoms with van der Waals surface area (Å²) in [4.78, 5) is 0. The quantitative estimate of drug-likeness (QED) is 0.133. The molecule has 0 atom stereocenters. The molecule has 0 aliphatic carbocycles. The Morgan fingerprint density at radius 1 is 0.404 bits per heavy atom. The Labute approximate surface area is 309 Å². The van der Waals surface area contributed by atoms with Gasteiger partial charge < -0.3 is 19.7 Å². The van der Waals surface area contributed by atoms with Gasteiger partial charge in [-0.2, -0.15) is 0 Å². The molecule has 266 valence electrons. The third kappa shape index (κ3) is 8.18. The number of unbranched alkanes of at least 4 members (excludes halogenated alkanes) is 1. The molecule has 4 nitrogen and oxygen atoms in total. The van der Waals surface area contributed by atoms with Gasteiger partial charge in [0.25, 0.3) is 0 Å². The summed E-state index contributed by atoms with van der Waals surface area (Å²) >= 11 is 0. The molecular weight excluding hydrogens is 641 g/mol. The molecule has 0 saturated carbocycles. The number of hydrogen-bond donors (Lipinski definition) is 2. The van der Waals surface area contributed by atoms with E-state index < -0.39 is 0 Å². The Morgan fingerprint density at radius 2 is 0.731 bits per heavy atom. The monoisotopic (exact) mass is 690 g/mol. The van der Waals surface area contributed by atoms with Gasteiger partial charge in [0.05, 0.1) is 13.2 Å². The summed E-state index contributed by atoms with van der Waals surface area (Å²) in [5.41, 5.74) is 8.87. The standard InChI is InChI=1S/C48H50O4/c1-47(2,3)35-29-39(33-19-9-7-10-20-33)45(49)41(31-35)37-23-13-15-25-43(37)51-27-17-18-28-52-44-26-16-14-24-38(44)42-32-36(48(4,5)6)30-40(46(42)50)34-21-11-8-12-22-34/h7-16,19-26,29-32,49-50H,17-18,27-28H2,1-6H3. The SMILES string of the molecule is CC(C)(C)c1cc(-c2ccccc2)c(O)c(-c2ccccc2OCCCCOc2ccccc2-c2cc(C(C)(C)C)cc(-c3ccccc3)c2O)c1. The Bertz CT molecular complexity index is 1960. The van der Waals surface area contributed by atoms with Crippen LogP contribution in [0, 0.1) is 0 Å². The smallest absolute Gasteiger partial charge is 0.131 e. The average Bonchev–Trinajstić information content (AvgIpc) is 3.13. The molecule has 52 heavy (non-hydrogen) atoms. The predicted molar refractivity (Wildman–Crippen MR) is 216 cm³/mol. The van der Waals surface area contributed by atoms with Gasteiger partial charge >= 0.3 is 0 Å². The molecule has 6 rings (SSSR count). The van der Waals surface area contributed by atoms with Crippen LogP contribution in [0.2, 0.25) is 0 Å². The fourth-order valence-corrected chi connectivity index (χ4v) is 6.42. The molecule has 0 saturated heterocycles. The average molecular weight is 691 g/mol. The molecule has 0 radical (unpaired) electrons. The Kier molecular flexibility index (Phi) is 10.8. The first-order valence-electron chi connectivity index (χ1n) is 18.2. The van der Waals surface area contributed by atoms with Crippen molar-refractivity contribution < 1.29 is 19.7 Å². The first-order chi connectivity index (χ1) is 24.9. The van der Waals surface area contributed by atoms with Crippen LogP contribution >= 0.6 is 0 Å². The highest BCUT2D eigenvalue weighted by Gasteiger charge is 2.23. The molecular formula is C48H50O4. The van der Waals surface area contributed by atoms with Crippen LogP contribution in [0.4, 0.5) is 0 Å². The highest BCUT2D eigenvalue weighted by molar-refractivity contribution is 5.86. The number of benzene rings is 6. The van der Waals surface area contributed by atoms with E-state index in [1.807, 2.05) is 109 Å². The van der Waals surface area contributed by atoms with Gasteiger partial charge in [0.1, 0.15) is 23.0 Å². The third-order valence-corrected chi connectivity index (χ3v) is 9.53. The minimum absolute atomic E-state index is 0.112. The van der Waals surface area contributed by atoms with Crippen molar-refractivity contribution in [2.24, 2.45) is 0 Å². The summed E-state index contributed by atoms with van der Waals surface area (Å²) in [5.74, 6) is 1.96. The molecule has 6 aromatic carbocycles. The Balaban J connectivity index is 1.17. The number of para-hydroxylation sites is 2. The van der Waals surface area contributed by atoms with E-state index in [9.17, 15) is 10.2 Å². The second-order valence-corrected chi connectivity index (χ2v) is 15.5. The van der Waals surface area contributed by atoms with Crippen molar-refractivity contribution in [1.29, 1.82) is 0 Å². The summed E-state index contributed by atoms with van der Waals surface area (Å²) in [6.07, 6.45) is 1.56. The largest absolute Gasteiger partial charge is 0.507 e. The molecule has 0 unspecified atom stereocenters. The maximum absolute atomic E-state index is 11.6. The zero-order valence-corrected chi connectivity index (χ0v) is 31.2. The highest BCUT2D eigenvalue weighted by atomic mass is 16.5. The summed E-state index contributed by atoms with van der Waals surface area (Å²) in [6, 6.07) is 44.3. The number of phenols is 2. The molecule has 0 aromatic heterocycles.